The Kier molecular flexibility index (Phi) is 2.90. The zero-order valence-electron chi connectivity index (χ0n) is 7.64. The maximum Gasteiger partial charge on any atom is 0.316 e. The first-order valence-corrected chi connectivity index (χ1v) is 4.51. The Morgan fingerprint density at radius 2 is 2.00 bits per heavy atom. The molecular formula is C10H16O2. The van der Waals surface area contributed by atoms with Crippen molar-refractivity contribution in [1.82, 2.24) is 0 Å². The molecular weight excluding hydrogens is 152 g/mol. The summed E-state index contributed by atoms with van der Waals surface area (Å²) in [5, 5.41) is 0. The van der Waals surface area contributed by atoms with E-state index in [-0.39, 0.29) is 11.4 Å². The van der Waals surface area contributed by atoms with Crippen LogP contribution in [0.3, 0.4) is 0 Å². The first-order valence-electron chi connectivity index (χ1n) is 4.51. The molecule has 1 aliphatic rings. The highest BCUT2D eigenvalue weighted by molar-refractivity contribution is 5.76. The SMILES string of the molecule is C=COC(=O)C1(C)CCCCC1. The van der Waals surface area contributed by atoms with E-state index in [4.69, 9.17) is 4.74 Å². The lowest BCUT2D eigenvalue weighted by molar-refractivity contribution is -0.150. The molecule has 0 spiro atoms. The van der Waals surface area contributed by atoms with Gasteiger partial charge in [0, 0.05) is 0 Å². The first kappa shape index (κ1) is 9.30. The molecule has 1 fully saturated rings. The number of hydrogen-bond acceptors (Lipinski definition) is 2. The minimum atomic E-state index is -0.244. The molecule has 0 bridgehead atoms. The summed E-state index contributed by atoms with van der Waals surface area (Å²) < 4.78 is 4.81. The van der Waals surface area contributed by atoms with Crippen LogP contribution < -0.4 is 0 Å². The normalized spacial score (nSPS) is 21.4. The van der Waals surface area contributed by atoms with Crippen LogP contribution in [0.25, 0.3) is 0 Å². The third-order valence-electron chi connectivity index (χ3n) is 2.64. The van der Waals surface area contributed by atoms with Crippen molar-refractivity contribution in [2.45, 2.75) is 39.0 Å². The third-order valence-corrected chi connectivity index (χ3v) is 2.64. The smallest absolute Gasteiger partial charge is 0.316 e. The van der Waals surface area contributed by atoms with Crippen molar-refractivity contribution < 1.29 is 9.53 Å². The number of ether oxygens (including phenoxy) is 1. The second-order valence-electron chi connectivity index (χ2n) is 3.69. The summed E-state index contributed by atoms with van der Waals surface area (Å²) in [4.78, 5) is 11.4. The number of carbonyl (C=O) groups excluding carboxylic acids is 1. The van der Waals surface area contributed by atoms with Gasteiger partial charge in [0.25, 0.3) is 0 Å². The molecule has 0 saturated heterocycles. The highest BCUT2D eigenvalue weighted by Crippen LogP contribution is 2.36. The monoisotopic (exact) mass is 168 g/mol. The van der Waals surface area contributed by atoms with E-state index in [1.807, 2.05) is 6.92 Å². The van der Waals surface area contributed by atoms with Crippen LogP contribution in [0.1, 0.15) is 39.0 Å². The molecule has 1 rings (SSSR count). The van der Waals surface area contributed by atoms with E-state index in [2.05, 4.69) is 6.58 Å². The Bertz CT molecular complexity index is 178. The molecule has 12 heavy (non-hydrogen) atoms. The summed E-state index contributed by atoms with van der Waals surface area (Å²) in [7, 11) is 0. The lowest BCUT2D eigenvalue weighted by Crippen LogP contribution is -2.30. The minimum Gasteiger partial charge on any atom is -0.435 e. The standard InChI is InChI=1S/C10H16O2/c1-3-12-9(11)10(2)7-5-4-6-8-10/h3H,1,4-8H2,2H3. The van der Waals surface area contributed by atoms with Gasteiger partial charge in [-0.1, -0.05) is 25.8 Å². The average Bonchev–Trinajstić information content (AvgIpc) is 2.06. The highest BCUT2D eigenvalue weighted by atomic mass is 16.5. The molecule has 0 radical (unpaired) electrons. The first-order chi connectivity index (χ1) is 5.69. The molecule has 68 valence electrons. The lowest BCUT2D eigenvalue weighted by Gasteiger charge is -2.30. The highest BCUT2D eigenvalue weighted by Gasteiger charge is 2.35. The Labute approximate surface area is 73.6 Å². The van der Waals surface area contributed by atoms with Crippen LogP contribution >= 0.6 is 0 Å². The zero-order chi connectivity index (χ0) is 9.03. The fourth-order valence-electron chi connectivity index (χ4n) is 1.75. The third kappa shape index (κ3) is 1.87. The lowest BCUT2D eigenvalue weighted by atomic mass is 9.76. The number of rotatable bonds is 2. The predicted octanol–water partition coefficient (Wildman–Crippen LogP) is 2.64. The van der Waals surface area contributed by atoms with Crippen molar-refractivity contribution in [3.8, 4) is 0 Å². The Balaban J connectivity index is 2.55. The molecule has 0 aliphatic heterocycles. The molecule has 0 N–H and O–H groups in total. The van der Waals surface area contributed by atoms with Crippen molar-refractivity contribution in [1.29, 1.82) is 0 Å². The second-order valence-corrected chi connectivity index (χ2v) is 3.69. The molecule has 2 heteroatoms. The summed E-state index contributed by atoms with van der Waals surface area (Å²) in [6.45, 7) is 5.37. The van der Waals surface area contributed by atoms with Crippen molar-refractivity contribution in [2.75, 3.05) is 0 Å². The Morgan fingerprint density at radius 3 is 2.50 bits per heavy atom. The van der Waals surface area contributed by atoms with Gasteiger partial charge in [-0.05, 0) is 19.8 Å². The Hall–Kier alpha value is -0.790. The van der Waals surface area contributed by atoms with Gasteiger partial charge in [0.2, 0.25) is 0 Å². The summed E-state index contributed by atoms with van der Waals surface area (Å²) in [6, 6.07) is 0. The van der Waals surface area contributed by atoms with Crippen LogP contribution in [0.2, 0.25) is 0 Å². The van der Waals surface area contributed by atoms with Gasteiger partial charge in [-0.15, -0.1) is 0 Å². The van der Waals surface area contributed by atoms with Crippen LogP contribution in [-0.2, 0) is 9.53 Å². The van der Waals surface area contributed by atoms with E-state index in [0.717, 1.165) is 25.7 Å². The topological polar surface area (TPSA) is 26.3 Å². The predicted molar refractivity (Wildman–Crippen MR) is 47.5 cm³/mol. The minimum absolute atomic E-state index is 0.114. The summed E-state index contributed by atoms with van der Waals surface area (Å²) in [5.41, 5.74) is -0.244. The molecule has 0 aromatic rings. The van der Waals surface area contributed by atoms with Gasteiger partial charge >= 0.3 is 5.97 Å². The molecule has 0 heterocycles. The number of carbonyl (C=O) groups is 1. The van der Waals surface area contributed by atoms with Gasteiger partial charge < -0.3 is 4.74 Å². The molecule has 0 aromatic carbocycles. The largest absolute Gasteiger partial charge is 0.435 e. The van der Waals surface area contributed by atoms with Gasteiger partial charge in [0.1, 0.15) is 0 Å². The van der Waals surface area contributed by atoms with Gasteiger partial charge in [-0.2, -0.15) is 0 Å². The molecule has 0 unspecified atom stereocenters. The molecule has 0 atom stereocenters. The average molecular weight is 168 g/mol. The summed E-state index contributed by atoms with van der Waals surface area (Å²) in [6.07, 6.45) is 6.67. The van der Waals surface area contributed by atoms with Crippen LogP contribution in [0, 0.1) is 5.41 Å². The number of esters is 1. The zero-order valence-corrected chi connectivity index (χ0v) is 7.64. The van der Waals surface area contributed by atoms with Crippen LogP contribution in [0.15, 0.2) is 12.8 Å². The maximum atomic E-state index is 11.4. The van der Waals surface area contributed by atoms with E-state index < -0.39 is 0 Å². The summed E-state index contributed by atoms with van der Waals surface area (Å²) >= 11 is 0. The van der Waals surface area contributed by atoms with Gasteiger partial charge in [0.05, 0.1) is 11.7 Å². The molecule has 1 saturated carbocycles. The van der Waals surface area contributed by atoms with Crippen molar-refractivity contribution in [3.05, 3.63) is 12.8 Å². The molecule has 0 aromatic heterocycles. The fraction of sp³-hybridized carbons (Fsp3) is 0.700. The van der Waals surface area contributed by atoms with E-state index in [1.165, 1.54) is 12.7 Å². The molecule has 1 aliphatic carbocycles. The van der Waals surface area contributed by atoms with Gasteiger partial charge in [-0.3, -0.25) is 4.79 Å². The van der Waals surface area contributed by atoms with E-state index >= 15 is 0 Å². The van der Waals surface area contributed by atoms with Crippen molar-refractivity contribution in [3.63, 3.8) is 0 Å². The fourth-order valence-corrected chi connectivity index (χ4v) is 1.75. The van der Waals surface area contributed by atoms with Crippen molar-refractivity contribution in [2.24, 2.45) is 5.41 Å². The van der Waals surface area contributed by atoms with E-state index in [1.54, 1.807) is 0 Å². The van der Waals surface area contributed by atoms with Crippen molar-refractivity contribution >= 4 is 5.97 Å². The molecule has 0 amide bonds. The van der Waals surface area contributed by atoms with Crippen LogP contribution in [0.5, 0.6) is 0 Å². The van der Waals surface area contributed by atoms with Gasteiger partial charge in [-0.25, -0.2) is 0 Å². The van der Waals surface area contributed by atoms with Crippen LogP contribution in [0.4, 0.5) is 0 Å². The number of hydrogen-bond donors (Lipinski definition) is 0. The van der Waals surface area contributed by atoms with E-state index in [9.17, 15) is 4.79 Å². The van der Waals surface area contributed by atoms with E-state index in [0.29, 0.717) is 0 Å². The maximum absolute atomic E-state index is 11.4. The molecule has 2 nitrogen and oxygen atoms in total. The van der Waals surface area contributed by atoms with Crippen LogP contribution in [-0.4, -0.2) is 5.97 Å². The quantitative estimate of drug-likeness (QED) is 0.468. The second kappa shape index (κ2) is 3.74. The van der Waals surface area contributed by atoms with Gasteiger partial charge in [0.15, 0.2) is 0 Å². The Morgan fingerprint density at radius 1 is 1.42 bits per heavy atom. The summed E-state index contributed by atoms with van der Waals surface area (Å²) in [5.74, 6) is -0.114.